The molecule has 0 heteroatoms. The fourth-order valence-electron chi connectivity index (χ4n) is 3.95. The van der Waals surface area contributed by atoms with Crippen LogP contribution >= 0.6 is 0 Å². The number of rotatable bonds is 0. The van der Waals surface area contributed by atoms with E-state index in [1.165, 1.54) is 19.3 Å². The van der Waals surface area contributed by atoms with Crippen LogP contribution in [0.5, 0.6) is 0 Å². The summed E-state index contributed by atoms with van der Waals surface area (Å²) in [6, 6.07) is 9.06. The highest BCUT2D eigenvalue weighted by Crippen LogP contribution is 2.47. The van der Waals surface area contributed by atoms with Gasteiger partial charge in [0.2, 0.25) is 0 Å². The maximum absolute atomic E-state index is 2.45. The van der Waals surface area contributed by atoms with Crippen molar-refractivity contribution in [1.82, 2.24) is 0 Å². The molecule has 0 nitrogen and oxygen atoms in total. The molecule has 1 aromatic rings. The first-order chi connectivity index (χ1) is 7.25. The molecule has 0 aromatic heterocycles. The van der Waals surface area contributed by atoms with Crippen LogP contribution in [0.4, 0.5) is 0 Å². The summed E-state index contributed by atoms with van der Waals surface area (Å²) in [6.07, 6.45) is 4.13. The monoisotopic (exact) mass is 200 g/mol. The molecule has 0 saturated heterocycles. The molecule has 0 heterocycles. The Morgan fingerprint density at radius 2 is 1.33 bits per heavy atom. The van der Waals surface area contributed by atoms with E-state index in [0.29, 0.717) is 0 Å². The van der Waals surface area contributed by atoms with Gasteiger partial charge in [-0.2, -0.15) is 0 Å². The van der Waals surface area contributed by atoms with Crippen molar-refractivity contribution in [2.45, 2.75) is 33.1 Å². The van der Waals surface area contributed by atoms with Crippen LogP contribution in [0, 0.1) is 23.7 Å². The number of benzene rings is 1. The third kappa shape index (κ3) is 1.42. The van der Waals surface area contributed by atoms with Gasteiger partial charge in [0.15, 0.2) is 0 Å². The van der Waals surface area contributed by atoms with E-state index >= 15 is 0 Å². The molecular weight excluding hydrogens is 180 g/mol. The van der Waals surface area contributed by atoms with Crippen LogP contribution in [0.1, 0.15) is 31.4 Å². The number of hydrogen-bond donors (Lipinski definition) is 0. The Bertz CT molecular complexity index is 331. The Labute approximate surface area is 92.7 Å². The van der Waals surface area contributed by atoms with E-state index in [2.05, 4.69) is 38.1 Å². The van der Waals surface area contributed by atoms with Gasteiger partial charge >= 0.3 is 0 Å². The summed E-state index contributed by atoms with van der Waals surface area (Å²) in [5, 5.41) is 0. The Hall–Kier alpha value is -0.780. The lowest BCUT2D eigenvalue weighted by molar-refractivity contribution is 0.278. The van der Waals surface area contributed by atoms with E-state index < -0.39 is 0 Å². The van der Waals surface area contributed by atoms with Crippen LogP contribution in [0.3, 0.4) is 0 Å². The van der Waals surface area contributed by atoms with Crippen LogP contribution < -0.4 is 0 Å². The van der Waals surface area contributed by atoms with Crippen molar-refractivity contribution in [2.24, 2.45) is 23.7 Å². The predicted octanol–water partition coefficient (Wildman–Crippen LogP) is 3.69. The van der Waals surface area contributed by atoms with Crippen molar-refractivity contribution in [3.63, 3.8) is 0 Å². The first-order valence-electron chi connectivity index (χ1n) is 6.32. The molecule has 1 saturated carbocycles. The van der Waals surface area contributed by atoms with Crippen molar-refractivity contribution in [2.75, 3.05) is 0 Å². The molecule has 15 heavy (non-hydrogen) atoms. The van der Waals surface area contributed by atoms with Gasteiger partial charge in [0, 0.05) is 0 Å². The number of hydrogen-bond acceptors (Lipinski definition) is 0. The quantitative estimate of drug-likeness (QED) is 0.599. The lowest BCUT2D eigenvalue weighted by Crippen LogP contribution is -2.26. The van der Waals surface area contributed by atoms with Crippen LogP contribution in [0.15, 0.2) is 24.3 Å². The van der Waals surface area contributed by atoms with Gasteiger partial charge < -0.3 is 0 Å². The molecular formula is C15H20. The molecule has 0 bridgehead atoms. The second kappa shape index (κ2) is 3.37. The van der Waals surface area contributed by atoms with Gasteiger partial charge in [-0.3, -0.25) is 0 Å². The standard InChI is InChI=1S/C15H20/c1-10-7-11(2)15-9-13-6-4-3-5-12(13)8-14(10)15/h3-6,10-11,14-15H,7-9H2,1-2H3/t10-,11-,14-,15-/m1/s1. The van der Waals surface area contributed by atoms with E-state index in [-0.39, 0.29) is 0 Å². The minimum absolute atomic E-state index is 0.943. The van der Waals surface area contributed by atoms with Gasteiger partial charge in [-0.1, -0.05) is 38.1 Å². The summed E-state index contributed by atoms with van der Waals surface area (Å²) < 4.78 is 0. The van der Waals surface area contributed by atoms with Crippen LogP contribution in [-0.2, 0) is 12.8 Å². The molecule has 1 fully saturated rings. The van der Waals surface area contributed by atoms with Gasteiger partial charge in [0.25, 0.3) is 0 Å². The molecule has 2 aliphatic carbocycles. The smallest absolute Gasteiger partial charge is 0.0242 e. The maximum atomic E-state index is 2.45. The summed E-state index contributed by atoms with van der Waals surface area (Å²) in [7, 11) is 0. The molecule has 4 atom stereocenters. The largest absolute Gasteiger partial charge is 0.0622 e. The summed E-state index contributed by atoms with van der Waals surface area (Å²) in [6.45, 7) is 4.91. The first kappa shape index (κ1) is 9.45. The van der Waals surface area contributed by atoms with Crippen molar-refractivity contribution < 1.29 is 0 Å². The second-order valence-corrected chi connectivity index (χ2v) is 5.69. The highest BCUT2D eigenvalue weighted by Gasteiger charge is 2.41. The van der Waals surface area contributed by atoms with Gasteiger partial charge in [0.1, 0.15) is 0 Å². The zero-order chi connectivity index (χ0) is 10.4. The molecule has 1 aromatic carbocycles. The summed E-state index contributed by atoms with van der Waals surface area (Å²) in [4.78, 5) is 0. The lowest BCUT2D eigenvalue weighted by Gasteiger charge is -2.31. The van der Waals surface area contributed by atoms with E-state index in [1.54, 1.807) is 11.1 Å². The first-order valence-corrected chi connectivity index (χ1v) is 6.32. The molecule has 0 spiro atoms. The van der Waals surface area contributed by atoms with Crippen molar-refractivity contribution >= 4 is 0 Å². The van der Waals surface area contributed by atoms with Gasteiger partial charge in [-0.15, -0.1) is 0 Å². The lowest BCUT2D eigenvalue weighted by atomic mass is 9.74. The Morgan fingerprint density at radius 1 is 0.867 bits per heavy atom. The van der Waals surface area contributed by atoms with Crippen LogP contribution in [-0.4, -0.2) is 0 Å². The Kier molecular flexibility index (Phi) is 2.12. The number of fused-ring (bicyclic) bond motifs is 2. The molecule has 80 valence electrons. The van der Waals surface area contributed by atoms with Crippen molar-refractivity contribution in [1.29, 1.82) is 0 Å². The fourth-order valence-corrected chi connectivity index (χ4v) is 3.95. The molecule has 2 aliphatic rings. The van der Waals surface area contributed by atoms with E-state index in [0.717, 1.165) is 23.7 Å². The molecule has 0 amide bonds. The van der Waals surface area contributed by atoms with Gasteiger partial charge in [-0.25, -0.2) is 0 Å². The molecule has 0 radical (unpaired) electrons. The van der Waals surface area contributed by atoms with Crippen molar-refractivity contribution in [3.8, 4) is 0 Å². The minimum Gasteiger partial charge on any atom is -0.0622 e. The average Bonchev–Trinajstić information content (AvgIpc) is 2.52. The highest BCUT2D eigenvalue weighted by atomic mass is 14.5. The maximum Gasteiger partial charge on any atom is -0.0242 e. The molecule has 0 unspecified atom stereocenters. The second-order valence-electron chi connectivity index (χ2n) is 5.69. The van der Waals surface area contributed by atoms with E-state index in [9.17, 15) is 0 Å². The van der Waals surface area contributed by atoms with Crippen molar-refractivity contribution in [3.05, 3.63) is 35.4 Å². The Morgan fingerprint density at radius 3 is 1.80 bits per heavy atom. The molecule has 0 N–H and O–H groups in total. The summed E-state index contributed by atoms with van der Waals surface area (Å²) in [5.41, 5.74) is 3.25. The molecule has 0 aliphatic heterocycles. The average molecular weight is 200 g/mol. The predicted molar refractivity (Wildman–Crippen MR) is 63.8 cm³/mol. The van der Waals surface area contributed by atoms with E-state index in [4.69, 9.17) is 0 Å². The third-order valence-corrected chi connectivity index (χ3v) is 4.78. The Balaban J connectivity index is 1.96. The molecule has 3 rings (SSSR count). The zero-order valence-electron chi connectivity index (χ0n) is 9.74. The normalized spacial score (nSPS) is 38.5. The van der Waals surface area contributed by atoms with Gasteiger partial charge in [0.05, 0.1) is 0 Å². The van der Waals surface area contributed by atoms with Gasteiger partial charge in [-0.05, 0) is 54.1 Å². The third-order valence-electron chi connectivity index (χ3n) is 4.78. The summed E-state index contributed by atoms with van der Waals surface area (Å²) in [5.74, 6) is 3.82. The topological polar surface area (TPSA) is 0 Å². The zero-order valence-corrected chi connectivity index (χ0v) is 9.74. The minimum atomic E-state index is 0.943. The van der Waals surface area contributed by atoms with E-state index in [1.807, 2.05) is 0 Å². The highest BCUT2D eigenvalue weighted by molar-refractivity contribution is 5.31. The van der Waals surface area contributed by atoms with Crippen LogP contribution in [0.25, 0.3) is 0 Å². The fraction of sp³-hybridized carbons (Fsp3) is 0.600. The van der Waals surface area contributed by atoms with Crippen LogP contribution in [0.2, 0.25) is 0 Å². The summed E-state index contributed by atoms with van der Waals surface area (Å²) >= 11 is 0. The SMILES string of the molecule is C[C@@H]1C[C@@H](C)[C@H]2Cc3ccccc3C[C@@H]21.